The van der Waals surface area contributed by atoms with Gasteiger partial charge in [-0.15, -0.1) is 0 Å². The van der Waals surface area contributed by atoms with Crippen molar-refractivity contribution in [2.24, 2.45) is 21.1 Å². The van der Waals surface area contributed by atoms with Gasteiger partial charge in [-0.1, -0.05) is 315 Å². The summed E-state index contributed by atoms with van der Waals surface area (Å²) in [6.45, 7) is 13.3. The molecule has 0 N–H and O–H groups in total. The summed E-state index contributed by atoms with van der Waals surface area (Å²) in [4.78, 5) is 0. The normalized spacial score (nSPS) is 11.5. The molecule has 18 aromatic rings. The number of rotatable bonds is 6. The lowest BCUT2D eigenvalue weighted by molar-refractivity contribution is -0.660. The van der Waals surface area contributed by atoms with E-state index in [-0.39, 0.29) is 0 Å². The summed E-state index contributed by atoms with van der Waals surface area (Å²) in [6.07, 6.45) is 6.66. The van der Waals surface area contributed by atoms with E-state index in [0.717, 1.165) is 0 Å². The highest BCUT2D eigenvalue weighted by Gasteiger charge is 2.31. The summed E-state index contributed by atoms with van der Waals surface area (Å²) < 4.78 is 6.79. The first-order chi connectivity index (χ1) is 57.3. The van der Waals surface area contributed by atoms with Gasteiger partial charge in [0.15, 0.2) is 18.6 Å². The van der Waals surface area contributed by atoms with Crippen LogP contribution in [-0.4, -0.2) is 0 Å². The minimum Gasteiger partial charge on any atom is -0.201 e. The van der Waals surface area contributed by atoms with Crippen LogP contribution in [0.25, 0.3) is 201 Å². The lowest BCUT2D eigenvalue weighted by Crippen LogP contribution is -2.31. The quantitative estimate of drug-likeness (QED) is 0.147. The third-order valence-electron chi connectivity index (χ3n) is 24.4. The highest BCUT2D eigenvalue weighted by Crippen LogP contribution is 2.54. The molecule has 0 radical (unpaired) electrons. The molecule has 0 spiro atoms. The highest BCUT2D eigenvalue weighted by atomic mass is 14.9. The Balaban J connectivity index is 0.000000118. The molecule has 558 valence electrons. The molecule has 3 aliphatic rings. The fourth-order valence-corrected chi connectivity index (χ4v) is 18.7. The summed E-state index contributed by atoms with van der Waals surface area (Å²) in [7, 11) is 6.46. The molecule has 0 atom stereocenters. The summed E-state index contributed by atoms with van der Waals surface area (Å²) in [5.41, 5.74) is 53.3. The van der Waals surface area contributed by atoms with Crippen LogP contribution >= 0.6 is 0 Å². The molecular weight excluding hydrogens is 1410 g/mol. The number of aryl methyl sites for hydroxylation is 9. The summed E-state index contributed by atoms with van der Waals surface area (Å²) in [5, 5.41) is 0. The van der Waals surface area contributed by atoms with Gasteiger partial charge in [-0.3, -0.25) is 0 Å². The van der Waals surface area contributed by atoms with E-state index in [2.05, 4.69) is 459 Å². The lowest BCUT2D eigenvalue weighted by Gasteiger charge is -2.25. The number of benzene rings is 15. The summed E-state index contributed by atoms with van der Waals surface area (Å²) >= 11 is 0. The molecule has 3 nitrogen and oxygen atoms in total. The van der Waals surface area contributed by atoms with E-state index in [1.807, 2.05) is 0 Å². The third kappa shape index (κ3) is 13.2. The van der Waals surface area contributed by atoms with Crippen LogP contribution in [0.15, 0.2) is 383 Å². The second kappa shape index (κ2) is 30.6. The van der Waals surface area contributed by atoms with Crippen molar-refractivity contribution in [3.63, 3.8) is 0 Å². The zero-order valence-corrected chi connectivity index (χ0v) is 67.7. The average molecular weight is 1500 g/mol. The Hall–Kier alpha value is -14.3. The van der Waals surface area contributed by atoms with Gasteiger partial charge in [0.25, 0.3) is 0 Å². The van der Waals surface area contributed by atoms with Crippen LogP contribution in [0.1, 0.15) is 33.4 Å². The minimum absolute atomic E-state index is 1.20. The van der Waals surface area contributed by atoms with Crippen molar-refractivity contribution in [2.45, 2.75) is 41.5 Å². The van der Waals surface area contributed by atoms with Crippen molar-refractivity contribution in [3.8, 4) is 201 Å². The van der Waals surface area contributed by atoms with E-state index < -0.39 is 0 Å². The van der Waals surface area contributed by atoms with E-state index in [1.165, 1.54) is 234 Å². The standard InChI is InChI=1S/C44H34N.C39H32N.C31H24N/c1-29-25-42-38-19-11-9-17-36(38)34-15-7-8-16-35(34)37-18-10-12-20-39(37)43(42)26-41(29)44-27-40(30(2)28-45(44)3)33-23-21-32(22-24-33)31-13-5-4-6-14-31;1-25-17-19-28(20-18-25)35-23-39(40(4)24-27(35)3)36-22-38-34-16-10-8-14-32(34)30-12-6-5-11-29(30)31-13-7-9-15-33(31)37(38)21-26(36)2;1-21-18-19-28-26-15-6-5-13-24(26)22-11-3-4-12-23(22)25-14-7-8-16-27(25)31(28)30(21)29-17-9-10-20-32(29)2/h4-28H,1-3H3;5-24H,1-4H3;3-20H,1-2H3/q3*+1. The largest absolute Gasteiger partial charge is 0.213 e. The van der Waals surface area contributed by atoms with E-state index in [4.69, 9.17) is 0 Å². The molecular formula is C114H90N3+3. The Morgan fingerprint density at radius 1 is 0.154 bits per heavy atom. The van der Waals surface area contributed by atoms with Gasteiger partial charge in [-0.2, -0.15) is 0 Å². The predicted octanol–water partition coefficient (Wildman–Crippen LogP) is 28.3. The van der Waals surface area contributed by atoms with Crippen LogP contribution in [0.3, 0.4) is 0 Å². The number of fused-ring (bicyclic) bond motifs is 24. The first kappa shape index (κ1) is 73.0. The molecule has 0 saturated heterocycles. The van der Waals surface area contributed by atoms with E-state index >= 15 is 0 Å². The number of pyridine rings is 3. The summed E-state index contributed by atoms with van der Waals surface area (Å²) in [6, 6.07) is 134. The molecule has 0 bridgehead atoms. The van der Waals surface area contributed by atoms with E-state index in [1.54, 1.807) is 0 Å². The number of nitrogens with zero attached hydrogens (tertiary/aromatic N) is 3. The van der Waals surface area contributed by atoms with Crippen molar-refractivity contribution >= 4 is 0 Å². The van der Waals surface area contributed by atoms with Gasteiger partial charge in [-0.25, -0.2) is 13.7 Å². The first-order valence-electron chi connectivity index (χ1n) is 40.8. The topological polar surface area (TPSA) is 11.6 Å². The van der Waals surface area contributed by atoms with Crippen LogP contribution in [0.2, 0.25) is 0 Å². The van der Waals surface area contributed by atoms with Crippen LogP contribution in [0.4, 0.5) is 0 Å². The van der Waals surface area contributed by atoms with Crippen molar-refractivity contribution < 1.29 is 13.7 Å². The number of aromatic nitrogens is 3. The maximum Gasteiger partial charge on any atom is 0.213 e. The van der Waals surface area contributed by atoms with Crippen LogP contribution in [0.5, 0.6) is 0 Å². The molecule has 3 heteroatoms. The maximum atomic E-state index is 2.43. The molecule has 0 aliphatic heterocycles. The van der Waals surface area contributed by atoms with Crippen LogP contribution < -0.4 is 13.7 Å². The van der Waals surface area contributed by atoms with Crippen molar-refractivity contribution in [3.05, 3.63) is 416 Å². The monoisotopic (exact) mass is 1500 g/mol. The molecule has 3 aliphatic carbocycles. The van der Waals surface area contributed by atoms with E-state index in [9.17, 15) is 0 Å². The fraction of sp³-hybridized carbons (Fsp3) is 0.0789. The molecule has 0 unspecified atom stereocenters. The van der Waals surface area contributed by atoms with Crippen molar-refractivity contribution in [2.75, 3.05) is 0 Å². The van der Waals surface area contributed by atoms with Crippen molar-refractivity contribution in [1.82, 2.24) is 0 Å². The highest BCUT2D eigenvalue weighted by molar-refractivity contribution is 6.09. The zero-order chi connectivity index (χ0) is 79.5. The first-order valence-corrected chi connectivity index (χ1v) is 40.8. The number of hydrogen-bond acceptors (Lipinski definition) is 0. The Kier molecular flexibility index (Phi) is 19.1. The minimum atomic E-state index is 1.20. The molecule has 0 saturated carbocycles. The molecule has 3 aromatic heterocycles. The molecule has 3 heterocycles. The molecule has 15 aromatic carbocycles. The van der Waals surface area contributed by atoms with Gasteiger partial charge in [0.2, 0.25) is 17.1 Å². The molecule has 21 rings (SSSR count). The third-order valence-corrected chi connectivity index (χ3v) is 24.4. The fourth-order valence-electron chi connectivity index (χ4n) is 18.7. The van der Waals surface area contributed by atoms with Crippen LogP contribution in [-0.2, 0) is 21.1 Å². The van der Waals surface area contributed by atoms with Gasteiger partial charge in [-0.05, 0) is 250 Å². The lowest BCUT2D eigenvalue weighted by atomic mass is 9.78. The van der Waals surface area contributed by atoms with E-state index in [0.29, 0.717) is 0 Å². The Morgan fingerprint density at radius 2 is 0.436 bits per heavy atom. The Labute approximate surface area is 688 Å². The maximum absolute atomic E-state index is 2.43. The smallest absolute Gasteiger partial charge is 0.201 e. The van der Waals surface area contributed by atoms with Gasteiger partial charge in [0, 0.05) is 52.1 Å². The van der Waals surface area contributed by atoms with Gasteiger partial charge >= 0.3 is 0 Å². The van der Waals surface area contributed by atoms with Crippen LogP contribution in [0, 0.1) is 41.5 Å². The van der Waals surface area contributed by atoms with Crippen molar-refractivity contribution in [1.29, 1.82) is 0 Å². The second-order valence-corrected chi connectivity index (χ2v) is 31.8. The average Bonchev–Trinajstić information content (AvgIpc) is 0.744. The zero-order valence-electron chi connectivity index (χ0n) is 67.7. The number of hydrogen-bond donors (Lipinski definition) is 0. The second-order valence-electron chi connectivity index (χ2n) is 31.8. The SMILES string of the molecule is Cc1c[n+](C)c(-c2cc3c(cc2C)-c2ccccc2-c2ccccc2-c2ccccc2-3)cc1-c1ccc(-c2ccccc2)cc1.Cc1ccc(-c2cc(-c3cc4c(cc3C)-c3ccccc3-c3ccccc3-c3ccccc3-4)[n+](C)cc2C)cc1.Cc1ccc2c(c1-c1cccc[n+]1C)-c1ccccc1-c1ccccc1-c1ccccc1-2. The predicted molar refractivity (Wildman–Crippen MR) is 490 cm³/mol. The Bertz CT molecular complexity index is 6950. The van der Waals surface area contributed by atoms with Gasteiger partial charge < -0.3 is 0 Å². The molecule has 0 amide bonds. The molecule has 0 fully saturated rings. The Morgan fingerprint density at radius 3 is 0.795 bits per heavy atom. The molecule has 117 heavy (non-hydrogen) atoms. The summed E-state index contributed by atoms with van der Waals surface area (Å²) in [5.74, 6) is 0. The van der Waals surface area contributed by atoms with Gasteiger partial charge in [0.1, 0.15) is 21.1 Å². The van der Waals surface area contributed by atoms with Gasteiger partial charge in [0.05, 0.1) is 5.56 Å².